The first-order valence-electron chi connectivity index (χ1n) is 11.5. The molecule has 1 saturated heterocycles. The van der Waals surface area contributed by atoms with Crippen LogP contribution in [0.5, 0.6) is 11.8 Å². The van der Waals surface area contributed by atoms with Gasteiger partial charge in [0.15, 0.2) is 6.61 Å². The Labute approximate surface area is 215 Å². The van der Waals surface area contributed by atoms with Crippen LogP contribution in [0.25, 0.3) is 11.1 Å². The lowest BCUT2D eigenvalue weighted by Crippen LogP contribution is -2.41. The van der Waals surface area contributed by atoms with E-state index in [1.807, 2.05) is 42.5 Å². The molecule has 0 aliphatic carbocycles. The molecule has 0 saturated carbocycles. The standard InChI is InChI=1S/C26H28Cl2N4O3/c1-34-22-7-5-20(6-8-22)21-13-30-26(31-14-21)35-17-25(33)29-12-19-3-2-10-32(16-19)15-18-4-9-23(27)24(28)11-18/h4-9,11,13-14,19H,2-3,10,12,15-17H2,1H3,(H,29,33). The number of amides is 1. The maximum absolute atomic E-state index is 12.3. The van der Waals surface area contributed by atoms with Crippen molar-refractivity contribution in [3.63, 3.8) is 0 Å². The van der Waals surface area contributed by atoms with Crippen molar-refractivity contribution in [3.05, 3.63) is 70.5 Å². The second-order valence-electron chi connectivity index (χ2n) is 8.57. The maximum Gasteiger partial charge on any atom is 0.316 e. The highest BCUT2D eigenvalue weighted by Crippen LogP contribution is 2.25. The molecule has 1 fully saturated rings. The van der Waals surface area contributed by atoms with Crippen molar-refractivity contribution in [2.24, 2.45) is 5.92 Å². The molecule has 1 aromatic heterocycles. The van der Waals surface area contributed by atoms with Gasteiger partial charge in [-0.05, 0) is 60.7 Å². The lowest BCUT2D eigenvalue weighted by Gasteiger charge is -2.32. The van der Waals surface area contributed by atoms with Crippen molar-refractivity contribution in [2.45, 2.75) is 19.4 Å². The van der Waals surface area contributed by atoms with E-state index in [0.29, 0.717) is 22.5 Å². The SMILES string of the molecule is COc1ccc(-c2cnc(OCC(=O)NCC3CCCN(Cc4ccc(Cl)c(Cl)c4)C3)nc2)cc1. The van der Waals surface area contributed by atoms with Gasteiger partial charge in [-0.25, -0.2) is 9.97 Å². The van der Waals surface area contributed by atoms with E-state index in [1.165, 1.54) is 0 Å². The molecule has 2 aromatic carbocycles. The number of likely N-dealkylation sites (tertiary alicyclic amines) is 1. The number of aromatic nitrogens is 2. The summed E-state index contributed by atoms with van der Waals surface area (Å²) in [6.07, 6.45) is 5.51. The first-order chi connectivity index (χ1) is 17.0. The third kappa shape index (κ3) is 7.31. The molecule has 1 N–H and O–H groups in total. The van der Waals surface area contributed by atoms with Crippen LogP contribution in [0, 0.1) is 5.92 Å². The number of rotatable bonds is 9. The normalized spacial score (nSPS) is 16.0. The topological polar surface area (TPSA) is 76.6 Å². The molecule has 3 aromatic rings. The van der Waals surface area contributed by atoms with Gasteiger partial charge in [0.05, 0.1) is 17.2 Å². The van der Waals surface area contributed by atoms with Gasteiger partial charge in [-0.2, -0.15) is 0 Å². The molecule has 35 heavy (non-hydrogen) atoms. The van der Waals surface area contributed by atoms with Crippen LogP contribution >= 0.6 is 23.2 Å². The summed E-state index contributed by atoms with van der Waals surface area (Å²) in [6, 6.07) is 13.5. The van der Waals surface area contributed by atoms with Crippen LogP contribution in [0.3, 0.4) is 0 Å². The van der Waals surface area contributed by atoms with Gasteiger partial charge >= 0.3 is 6.01 Å². The molecular weight excluding hydrogens is 487 g/mol. The number of halogens is 2. The Hall–Kier alpha value is -2.87. The number of piperidine rings is 1. The number of nitrogens with one attached hydrogen (secondary N) is 1. The predicted octanol–water partition coefficient (Wildman–Crippen LogP) is 4.87. The maximum atomic E-state index is 12.3. The number of hydrogen-bond donors (Lipinski definition) is 1. The number of hydrogen-bond acceptors (Lipinski definition) is 6. The van der Waals surface area contributed by atoms with Crippen LogP contribution in [-0.2, 0) is 11.3 Å². The van der Waals surface area contributed by atoms with Crippen molar-refractivity contribution in [1.29, 1.82) is 0 Å². The third-order valence-corrected chi connectivity index (χ3v) is 6.70. The van der Waals surface area contributed by atoms with Crippen LogP contribution in [-0.4, -0.2) is 54.1 Å². The largest absolute Gasteiger partial charge is 0.497 e. The number of benzene rings is 2. The van der Waals surface area contributed by atoms with Gasteiger partial charge < -0.3 is 14.8 Å². The molecule has 2 heterocycles. The first-order valence-corrected chi connectivity index (χ1v) is 12.3. The van der Waals surface area contributed by atoms with E-state index < -0.39 is 0 Å². The van der Waals surface area contributed by atoms with Crippen LogP contribution in [0.15, 0.2) is 54.9 Å². The molecule has 1 amide bonds. The molecule has 1 unspecified atom stereocenters. The van der Waals surface area contributed by atoms with Crippen molar-refractivity contribution in [3.8, 4) is 22.9 Å². The van der Waals surface area contributed by atoms with E-state index in [1.54, 1.807) is 19.5 Å². The third-order valence-electron chi connectivity index (χ3n) is 5.97. The molecule has 1 aliphatic heterocycles. The van der Waals surface area contributed by atoms with Crippen LogP contribution in [0.2, 0.25) is 10.0 Å². The fourth-order valence-corrected chi connectivity index (χ4v) is 4.44. The van der Waals surface area contributed by atoms with Gasteiger partial charge in [0.2, 0.25) is 0 Å². The zero-order valence-corrected chi connectivity index (χ0v) is 21.1. The molecule has 4 rings (SSSR count). The lowest BCUT2D eigenvalue weighted by atomic mass is 9.97. The summed E-state index contributed by atoms with van der Waals surface area (Å²) >= 11 is 12.2. The van der Waals surface area contributed by atoms with E-state index in [-0.39, 0.29) is 18.5 Å². The summed E-state index contributed by atoms with van der Waals surface area (Å²) < 4.78 is 10.6. The highest BCUT2D eigenvalue weighted by molar-refractivity contribution is 6.42. The Morgan fingerprint density at radius 3 is 2.57 bits per heavy atom. The van der Waals surface area contributed by atoms with Gasteiger partial charge in [-0.3, -0.25) is 9.69 Å². The summed E-state index contributed by atoms with van der Waals surface area (Å²) in [4.78, 5) is 23.1. The van der Waals surface area contributed by atoms with Crippen molar-refractivity contribution in [1.82, 2.24) is 20.2 Å². The number of nitrogens with zero attached hydrogens (tertiary/aromatic N) is 3. The summed E-state index contributed by atoms with van der Waals surface area (Å²) in [5, 5.41) is 4.11. The Bertz CT molecular complexity index is 1130. The minimum atomic E-state index is -0.186. The molecule has 1 atom stereocenters. The summed E-state index contributed by atoms with van der Waals surface area (Å²) in [7, 11) is 1.63. The average molecular weight is 515 g/mol. The number of carbonyl (C=O) groups is 1. The Morgan fingerprint density at radius 1 is 1.09 bits per heavy atom. The fraction of sp³-hybridized carbons (Fsp3) is 0.346. The second kappa shape index (κ2) is 12.2. The molecular formula is C26H28Cl2N4O3. The van der Waals surface area contributed by atoms with Crippen LogP contribution < -0.4 is 14.8 Å². The molecule has 0 bridgehead atoms. The Balaban J connectivity index is 1.19. The molecule has 1 aliphatic rings. The summed E-state index contributed by atoms with van der Waals surface area (Å²) in [6.45, 7) is 3.24. The average Bonchev–Trinajstić information content (AvgIpc) is 2.89. The van der Waals surface area contributed by atoms with Gasteiger partial charge in [-0.1, -0.05) is 41.4 Å². The second-order valence-corrected chi connectivity index (χ2v) is 9.38. The van der Waals surface area contributed by atoms with Crippen molar-refractivity contribution in [2.75, 3.05) is 33.4 Å². The fourth-order valence-electron chi connectivity index (χ4n) is 4.12. The first kappa shape index (κ1) is 25.2. The van der Waals surface area contributed by atoms with Crippen LogP contribution in [0.1, 0.15) is 18.4 Å². The molecule has 0 spiro atoms. The van der Waals surface area contributed by atoms with E-state index in [2.05, 4.69) is 20.2 Å². The van der Waals surface area contributed by atoms with Gasteiger partial charge in [0, 0.05) is 37.6 Å². The highest BCUT2D eigenvalue weighted by atomic mass is 35.5. The van der Waals surface area contributed by atoms with E-state index in [0.717, 1.165) is 54.9 Å². The predicted molar refractivity (Wildman–Crippen MR) is 137 cm³/mol. The monoisotopic (exact) mass is 514 g/mol. The lowest BCUT2D eigenvalue weighted by molar-refractivity contribution is -0.123. The van der Waals surface area contributed by atoms with Crippen LogP contribution in [0.4, 0.5) is 0 Å². The summed E-state index contributed by atoms with van der Waals surface area (Å²) in [5.41, 5.74) is 2.96. The minimum absolute atomic E-state index is 0.123. The number of ether oxygens (including phenoxy) is 2. The molecule has 184 valence electrons. The molecule has 7 nitrogen and oxygen atoms in total. The molecule has 9 heteroatoms. The smallest absolute Gasteiger partial charge is 0.316 e. The number of carbonyl (C=O) groups excluding carboxylic acids is 1. The van der Waals surface area contributed by atoms with Gasteiger partial charge in [-0.15, -0.1) is 0 Å². The van der Waals surface area contributed by atoms with E-state index in [4.69, 9.17) is 32.7 Å². The number of methoxy groups -OCH3 is 1. The van der Waals surface area contributed by atoms with E-state index in [9.17, 15) is 4.79 Å². The zero-order chi connectivity index (χ0) is 24.6. The molecule has 0 radical (unpaired) electrons. The highest BCUT2D eigenvalue weighted by Gasteiger charge is 2.21. The Morgan fingerprint density at radius 2 is 1.86 bits per heavy atom. The van der Waals surface area contributed by atoms with Crippen molar-refractivity contribution < 1.29 is 14.3 Å². The minimum Gasteiger partial charge on any atom is -0.497 e. The van der Waals surface area contributed by atoms with Gasteiger partial charge in [0.1, 0.15) is 5.75 Å². The zero-order valence-electron chi connectivity index (χ0n) is 19.5. The quantitative estimate of drug-likeness (QED) is 0.439. The van der Waals surface area contributed by atoms with Crippen molar-refractivity contribution >= 4 is 29.1 Å². The Kier molecular flexibility index (Phi) is 8.79. The van der Waals surface area contributed by atoms with Gasteiger partial charge in [0.25, 0.3) is 5.91 Å². The van der Waals surface area contributed by atoms with E-state index >= 15 is 0 Å². The summed E-state index contributed by atoms with van der Waals surface area (Å²) in [5.74, 6) is 0.984.